The fourth-order valence-corrected chi connectivity index (χ4v) is 1.61. The second kappa shape index (κ2) is 6.06. The van der Waals surface area contributed by atoms with E-state index >= 15 is 0 Å². The predicted octanol–water partition coefficient (Wildman–Crippen LogP) is -1.31. The van der Waals surface area contributed by atoms with E-state index in [4.69, 9.17) is 4.74 Å². The lowest BCUT2D eigenvalue weighted by atomic mass is 10.4. The highest BCUT2D eigenvalue weighted by atomic mass is 16.6. The van der Waals surface area contributed by atoms with Crippen LogP contribution in [0.5, 0.6) is 0 Å². The molecule has 2 rings (SSSR count). The van der Waals surface area contributed by atoms with E-state index in [9.17, 15) is 14.9 Å². The molecule has 11 heteroatoms. The number of carbonyl (C=O) groups is 1. The van der Waals surface area contributed by atoms with Crippen LogP contribution in [0.15, 0.2) is 11.4 Å². The molecule has 1 aromatic heterocycles. The zero-order chi connectivity index (χ0) is 14.5. The maximum Gasteiger partial charge on any atom is 0.453 e. The molecule has 1 aliphatic rings. The SMILES string of the molecule is CN(N=C(C(=O)N1CCOCC1)[N+](=O)[O-])c1ncn[nH]1. The second-order valence-electron chi connectivity index (χ2n) is 3.92. The number of amidine groups is 1. The van der Waals surface area contributed by atoms with Gasteiger partial charge in [-0.25, -0.2) is 5.10 Å². The van der Waals surface area contributed by atoms with Gasteiger partial charge in [0.15, 0.2) is 0 Å². The van der Waals surface area contributed by atoms with Crippen LogP contribution in [0.4, 0.5) is 5.95 Å². The maximum absolute atomic E-state index is 12.1. The highest BCUT2D eigenvalue weighted by Gasteiger charge is 2.32. The van der Waals surface area contributed by atoms with Crippen molar-refractivity contribution in [1.82, 2.24) is 20.1 Å². The van der Waals surface area contributed by atoms with Crippen molar-refractivity contribution in [3.63, 3.8) is 0 Å². The smallest absolute Gasteiger partial charge is 0.378 e. The number of anilines is 1. The van der Waals surface area contributed by atoms with Crippen LogP contribution in [0.2, 0.25) is 0 Å². The Hall–Kier alpha value is -2.56. The number of rotatable bonds is 2. The van der Waals surface area contributed by atoms with Gasteiger partial charge >= 0.3 is 11.7 Å². The average molecular weight is 283 g/mol. The third-order valence-electron chi connectivity index (χ3n) is 2.62. The molecule has 1 N–H and O–H groups in total. The fourth-order valence-electron chi connectivity index (χ4n) is 1.61. The van der Waals surface area contributed by atoms with Crippen LogP contribution in [-0.4, -0.2) is 70.1 Å². The quantitative estimate of drug-likeness (QED) is 0.308. The largest absolute Gasteiger partial charge is 0.453 e. The topological polar surface area (TPSA) is 130 Å². The summed E-state index contributed by atoms with van der Waals surface area (Å²) in [5.41, 5.74) is 0. The molecule has 0 radical (unpaired) electrons. The first-order valence-corrected chi connectivity index (χ1v) is 5.78. The number of amides is 1. The highest BCUT2D eigenvalue weighted by molar-refractivity contribution is 6.34. The molecular weight excluding hydrogens is 270 g/mol. The van der Waals surface area contributed by atoms with Crippen molar-refractivity contribution < 1.29 is 14.5 Å². The molecule has 0 bridgehead atoms. The van der Waals surface area contributed by atoms with Gasteiger partial charge < -0.3 is 19.8 Å². The first-order valence-electron chi connectivity index (χ1n) is 5.78. The zero-order valence-corrected chi connectivity index (χ0v) is 10.7. The number of hydrogen-bond donors (Lipinski definition) is 1. The summed E-state index contributed by atoms with van der Waals surface area (Å²) in [4.78, 5) is 27.4. The summed E-state index contributed by atoms with van der Waals surface area (Å²) in [6.07, 6.45) is 1.23. The van der Waals surface area contributed by atoms with Crippen molar-refractivity contribution in [2.75, 3.05) is 38.4 Å². The Bertz CT molecular complexity index is 508. The molecule has 1 fully saturated rings. The number of nitro groups is 1. The number of hydrogen-bond acceptors (Lipinski definition) is 8. The van der Waals surface area contributed by atoms with Gasteiger partial charge in [-0.1, -0.05) is 0 Å². The predicted molar refractivity (Wildman–Crippen MR) is 66.6 cm³/mol. The van der Waals surface area contributed by atoms with Gasteiger partial charge in [-0.05, 0) is 4.92 Å². The van der Waals surface area contributed by atoms with Crippen LogP contribution in [0.1, 0.15) is 0 Å². The van der Waals surface area contributed by atoms with Gasteiger partial charge in [-0.2, -0.15) is 10.1 Å². The van der Waals surface area contributed by atoms with E-state index in [1.165, 1.54) is 18.3 Å². The van der Waals surface area contributed by atoms with Crippen LogP contribution < -0.4 is 5.01 Å². The molecule has 0 spiro atoms. The highest BCUT2D eigenvalue weighted by Crippen LogP contribution is 2.05. The van der Waals surface area contributed by atoms with E-state index in [1.54, 1.807) is 0 Å². The molecule has 2 heterocycles. The summed E-state index contributed by atoms with van der Waals surface area (Å²) >= 11 is 0. The Morgan fingerprint density at radius 2 is 2.30 bits per heavy atom. The lowest BCUT2D eigenvalue weighted by molar-refractivity contribution is -0.350. The van der Waals surface area contributed by atoms with Gasteiger partial charge in [0.1, 0.15) is 6.33 Å². The number of aromatic amines is 1. The molecule has 0 unspecified atom stereocenters. The third kappa shape index (κ3) is 3.06. The number of ether oxygens (including phenoxy) is 1. The van der Waals surface area contributed by atoms with Gasteiger partial charge in [-0.3, -0.25) is 4.79 Å². The summed E-state index contributed by atoms with van der Waals surface area (Å²) in [6.45, 7) is 1.32. The molecule has 1 aliphatic heterocycles. The summed E-state index contributed by atoms with van der Waals surface area (Å²) in [5, 5.41) is 21.9. The van der Waals surface area contributed by atoms with E-state index in [1.807, 2.05) is 0 Å². The first-order chi connectivity index (χ1) is 9.59. The molecule has 0 saturated carbocycles. The second-order valence-corrected chi connectivity index (χ2v) is 3.92. The summed E-state index contributed by atoms with van der Waals surface area (Å²) in [6, 6.07) is 0. The molecule has 108 valence electrons. The molecule has 1 amide bonds. The first kappa shape index (κ1) is 13.9. The van der Waals surface area contributed by atoms with Crippen LogP contribution in [-0.2, 0) is 9.53 Å². The molecule has 1 saturated heterocycles. The van der Waals surface area contributed by atoms with Gasteiger partial charge in [0.2, 0.25) is 0 Å². The Balaban J connectivity index is 2.17. The molecule has 11 nitrogen and oxygen atoms in total. The minimum atomic E-state index is -0.815. The molecular formula is C9H13N7O4. The normalized spacial score (nSPS) is 16.1. The molecule has 20 heavy (non-hydrogen) atoms. The Labute approximate surface area is 113 Å². The van der Waals surface area contributed by atoms with Crippen LogP contribution in [0, 0.1) is 10.1 Å². The zero-order valence-electron chi connectivity index (χ0n) is 10.7. The Morgan fingerprint density at radius 1 is 1.60 bits per heavy atom. The van der Waals surface area contributed by atoms with E-state index in [0.29, 0.717) is 26.3 Å². The van der Waals surface area contributed by atoms with Crippen molar-refractivity contribution in [2.45, 2.75) is 0 Å². The number of nitrogens with zero attached hydrogens (tertiary/aromatic N) is 6. The van der Waals surface area contributed by atoms with Crippen molar-refractivity contribution in [2.24, 2.45) is 5.10 Å². The summed E-state index contributed by atoms with van der Waals surface area (Å²) in [7, 11) is 1.43. The molecule has 0 aliphatic carbocycles. The van der Waals surface area contributed by atoms with Gasteiger partial charge in [0, 0.05) is 13.1 Å². The van der Waals surface area contributed by atoms with Gasteiger partial charge in [-0.15, -0.1) is 5.01 Å². The van der Waals surface area contributed by atoms with Gasteiger partial charge in [0.25, 0.3) is 5.95 Å². The number of aromatic nitrogens is 3. The molecule has 0 atom stereocenters. The number of morpholine rings is 1. The standard InChI is InChI=1S/C9H13N7O4/c1-14(9-10-6-11-12-9)13-7(16(18)19)8(17)15-2-4-20-5-3-15/h6H,2-5H2,1H3,(H,10,11,12). The van der Waals surface area contributed by atoms with E-state index in [-0.39, 0.29) is 5.95 Å². The van der Waals surface area contributed by atoms with Crippen molar-refractivity contribution in [3.8, 4) is 0 Å². The molecule has 1 aromatic rings. The Morgan fingerprint density at radius 3 is 2.85 bits per heavy atom. The van der Waals surface area contributed by atoms with Crippen molar-refractivity contribution in [1.29, 1.82) is 0 Å². The number of nitrogens with one attached hydrogen (secondary N) is 1. The minimum absolute atomic E-state index is 0.194. The van der Waals surface area contributed by atoms with Crippen molar-refractivity contribution in [3.05, 3.63) is 16.4 Å². The van der Waals surface area contributed by atoms with E-state index < -0.39 is 16.7 Å². The monoisotopic (exact) mass is 283 g/mol. The van der Waals surface area contributed by atoms with Crippen LogP contribution in [0.3, 0.4) is 0 Å². The molecule has 0 aromatic carbocycles. The number of carbonyl (C=O) groups excluding carboxylic acids is 1. The summed E-state index contributed by atoms with van der Waals surface area (Å²) < 4.78 is 5.09. The number of hydrazone groups is 1. The lowest BCUT2D eigenvalue weighted by Crippen LogP contribution is -2.46. The average Bonchev–Trinajstić information content (AvgIpc) is 2.98. The van der Waals surface area contributed by atoms with Crippen LogP contribution >= 0.6 is 0 Å². The lowest BCUT2D eigenvalue weighted by Gasteiger charge is -2.25. The Kier molecular flexibility index (Phi) is 4.20. The fraction of sp³-hybridized carbons (Fsp3) is 0.556. The minimum Gasteiger partial charge on any atom is -0.378 e. The van der Waals surface area contributed by atoms with Crippen LogP contribution in [0.25, 0.3) is 0 Å². The van der Waals surface area contributed by atoms with E-state index in [2.05, 4.69) is 20.3 Å². The van der Waals surface area contributed by atoms with E-state index in [0.717, 1.165) is 5.01 Å². The maximum atomic E-state index is 12.1. The number of H-pyrrole nitrogens is 1. The van der Waals surface area contributed by atoms with Crippen molar-refractivity contribution >= 4 is 17.7 Å². The van der Waals surface area contributed by atoms with Gasteiger partial charge in [0.05, 0.1) is 25.4 Å². The summed E-state index contributed by atoms with van der Waals surface area (Å²) in [5.74, 6) is -1.32. The third-order valence-corrected chi connectivity index (χ3v) is 2.62.